The Morgan fingerprint density at radius 1 is 0.973 bits per heavy atom. The number of halogens is 2. The molecule has 3 aromatic carbocycles. The van der Waals surface area contributed by atoms with Gasteiger partial charge in [-0.1, -0.05) is 41.4 Å². The van der Waals surface area contributed by atoms with Crippen molar-refractivity contribution in [3.05, 3.63) is 94.8 Å². The van der Waals surface area contributed by atoms with E-state index in [1.54, 1.807) is 62.4 Å². The molecular weight excluding hydrogens is 517 g/mol. The molecule has 0 fully saturated rings. The molecular formula is C27H29ClFN3O4S. The zero-order valence-corrected chi connectivity index (χ0v) is 22.4. The van der Waals surface area contributed by atoms with Gasteiger partial charge in [0.05, 0.1) is 10.6 Å². The fourth-order valence-electron chi connectivity index (χ4n) is 3.66. The van der Waals surface area contributed by atoms with Crippen LogP contribution in [-0.2, 0) is 26.2 Å². The van der Waals surface area contributed by atoms with Crippen LogP contribution in [0, 0.1) is 12.7 Å². The van der Waals surface area contributed by atoms with E-state index in [0.717, 1.165) is 39.7 Å². The first kappa shape index (κ1) is 28.1. The topological polar surface area (TPSA) is 86.8 Å². The third-order valence-electron chi connectivity index (χ3n) is 5.79. The van der Waals surface area contributed by atoms with Crippen molar-refractivity contribution >= 4 is 39.1 Å². The molecule has 0 heterocycles. The van der Waals surface area contributed by atoms with Gasteiger partial charge in [-0.2, -0.15) is 0 Å². The molecule has 0 saturated carbocycles. The molecule has 0 radical (unpaired) electrons. The summed E-state index contributed by atoms with van der Waals surface area (Å²) >= 11 is 5.99. The first-order chi connectivity index (χ1) is 17.5. The summed E-state index contributed by atoms with van der Waals surface area (Å²) in [6.07, 6.45) is 0. The number of aryl methyl sites for hydroxylation is 1. The van der Waals surface area contributed by atoms with E-state index in [1.165, 1.54) is 4.90 Å². The predicted molar refractivity (Wildman–Crippen MR) is 142 cm³/mol. The molecule has 0 spiro atoms. The van der Waals surface area contributed by atoms with Crippen molar-refractivity contribution in [1.29, 1.82) is 0 Å². The number of sulfonamides is 1. The maximum atomic E-state index is 13.7. The number of benzene rings is 3. The van der Waals surface area contributed by atoms with Gasteiger partial charge in [0.25, 0.3) is 10.0 Å². The lowest BCUT2D eigenvalue weighted by Gasteiger charge is -2.32. The van der Waals surface area contributed by atoms with Crippen molar-refractivity contribution in [2.24, 2.45) is 0 Å². The van der Waals surface area contributed by atoms with Crippen LogP contribution in [0.25, 0.3) is 0 Å². The van der Waals surface area contributed by atoms with Gasteiger partial charge in [-0.15, -0.1) is 0 Å². The van der Waals surface area contributed by atoms with Crippen LogP contribution in [0.2, 0.25) is 5.02 Å². The van der Waals surface area contributed by atoms with Crippen LogP contribution in [-0.4, -0.2) is 44.3 Å². The average Bonchev–Trinajstić information content (AvgIpc) is 2.87. The monoisotopic (exact) mass is 545 g/mol. The molecule has 0 aliphatic carbocycles. The standard InChI is InChI=1S/C27H29ClFN3O4S/c1-4-30-27(34)20(3)31(17-21-7-9-22(28)10-8-21)26(33)18-32(24-13-5-19(2)6-14-24)37(35,36)25-15-11-23(29)12-16-25/h5-16,20H,4,17-18H2,1-3H3,(H,30,34)/t20-/m0/s1. The Labute approximate surface area is 221 Å². The molecule has 1 N–H and O–H groups in total. The smallest absolute Gasteiger partial charge is 0.264 e. The van der Waals surface area contributed by atoms with E-state index in [1.807, 2.05) is 6.92 Å². The molecule has 1 atom stereocenters. The highest BCUT2D eigenvalue weighted by molar-refractivity contribution is 7.92. The van der Waals surface area contributed by atoms with Crippen molar-refractivity contribution in [2.45, 2.75) is 38.3 Å². The summed E-state index contributed by atoms with van der Waals surface area (Å²) in [7, 11) is -4.25. The molecule has 196 valence electrons. The Bertz CT molecular complexity index is 1330. The molecule has 10 heteroatoms. The molecule has 3 aromatic rings. The van der Waals surface area contributed by atoms with E-state index >= 15 is 0 Å². The molecule has 37 heavy (non-hydrogen) atoms. The van der Waals surface area contributed by atoms with Crippen LogP contribution in [0.1, 0.15) is 25.0 Å². The number of hydrogen-bond acceptors (Lipinski definition) is 4. The largest absolute Gasteiger partial charge is 0.355 e. The average molecular weight is 546 g/mol. The quantitative estimate of drug-likeness (QED) is 0.405. The fourth-order valence-corrected chi connectivity index (χ4v) is 5.20. The molecule has 0 saturated heterocycles. The summed E-state index contributed by atoms with van der Waals surface area (Å²) in [5.74, 6) is -1.53. The van der Waals surface area contributed by atoms with Gasteiger partial charge in [0.15, 0.2) is 0 Å². The maximum absolute atomic E-state index is 13.7. The van der Waals surface area contributed by atoms with Crippen molar-refractivity contribution in [3.63, 3.8) is 0 Å². The van der Waals surface area contributed by atoms with Gasteiger partial charge in [-0.3, -0.25) is 13.9 Å². The zero-order valence-electron chi connectivity index (χ0n) is 20.8. The van der Waals surface area contributed by atoms with Gasteiger partial charge in [0.2, 0.25) is 11.8 Å². The van der Waals surface area contributed by atoms with Gasteiger partial charge < -0.3 is 10.2 Å². The number of nitrogens with zero attached hydrogens (tertiary/aromatic N) is 2. The fraction of sp³-hybridized carbons (Fsp3) is 0.259. The van der Waals surface area contributed by atoms with Crippen molar-refractivity contribution in [2.75, 3.05) is 17.4 Å². The number of likely N-dealkylation sites (N-methyl/N-ethyl adjacent to an activating group) is 1. The molecule has 0 unspecified atom stereocenters. The minimum atomic E-state index is -4.25. The van der Waals surface area contributed by atoms with Crippen LogP contribution >= 0.6 is 11.6 Å². The number of nitrogens with one attached hydrogen (secondary N) is 1. The molecule has 0 aliphatic heterocycles. The first-order valence-corrected chi connectivity index (χ1v) is 13.5. The highest BCUT2D eigenvalue weighted by Crippen LogP contribution is 2.25. The lowest BCUT2D eigenvalue weighted by Crippen LogP contribution is -2.51. The zero-order chi connectivity index (χ0) is 27.2. The van der Waals surface area contributed by atoms with Gasteiger partial charge in [0.1, 0.15) is 18.4 Å². The van der Waals surface area contributed by atoms with E-state index in [-0.39, 0.29) is 23.0 Å². The van der Waals surface area contributed by atoms with Gasteiger partial charge in [-0.05, 0) is 74.9 Å². The van der Waals surface area contributed by atoms with Crippen molar-refractivity contribution in [1.82, 2.24) is 10.2 Å². The van der Waals surface area contributed by atoms with E-state index in [2.05, 4.69) is 5.32 Å². The summed E-state index contributed by atoms with van der Waals surface area (Å²) in [5, 5.41) is 3.23. The minimum Gasteiger partial charge on any atom is -0.355 e. The molecule has 3 rings (SSSR count). The predicted octanol–water partition coefficient (Wildman–Crippen LogP) is 4.54. The maximum Gasteiger partial charge on any atom is 0.264 e. The van der Waals surface area contributed by atoms with Gasteiger partial charge >= 0.3 is 0 Å². The van der Waals surface area contributed by atoms with E-state index in [0.29, 0.717) is 11.6 Å². The molecule has 7 nitrogen and oxygen atoms in total. The van der Waals surface area contributed by atoms with Crippen LogP contribution in [0.5, 0.6) is 0 Å². The Balaban J connectivity index is 2.01. The lowest BCUT2D eigenvalue weighted by molar-refractivity contribution is -0.139. The van der Waals surface area contributed by atoms with Crippen LogP contribution in [0.3, 0.4) is 0 Å². The molecule has 0 bridgehead atoms. The second-order valence-electron chi connectivity index (χ2n) is 8.52. The van der Waals surface area contributed by atoms with E-state index in [4.69, 9.17) is 11.6 Å². The third-order valence-corrected chi connectivity index (χ3v) is 7.83. The third kappa shape index (κ3) is 7.08. The number of amides is 2. The van der Waals surface area contributed by atoms with Crippen LogP contribution in [0.15, 0.2) is 77.7 Å². The van der Waals surface area contributed by atoms with Crippen molar-refractivity contribution < 1.29 is 22.4 Å². The van der Waals surface area contributed by atoms with Crippen LogP contribution in [0.4, 0.5) is 10.1 Å². The molecule has 0 aromatic heterocycles. The number of carbonyl (C=O) groups excluding carboxylic acids is 2. The van der Waals surface area contributed by atoms with Gasteiger partial charge in [0, 0.05) is 18.1 Å². The van der Waals surface area contributed by atoms with E-state index in [9.17, 15) is 22.4 Å². The minimum absolute atomic E-state index is 0.0621. The molecule has 0 aliphatic rings. The van der Waals surface area contributed by atoms with E-state index < -0.39 is 34.3 Å². The highest BCUT2D eigenvalue weighted by Gasteiger charge is 2.32. The Morgan fingerprint density at radius 2 is 1.57 bits per heavy atom. The van der Waals surface area contributed by atoms with Crippen LogP contribution < -0.4 is 9.62 Å². The number of anilines is 1. The Morgan fingerprint density at radius 3 is 2.14 bits per heavy atom. The second kappa shape index (κ2) is 12.2. The summed E-state index contributed by atoms with van der Waals surface area (Å²) < 4.78 is 41.7. The number of hydrogen-bond donors (Lipinski definition) is 1. The summed E-state index contributed by atoms with van der Waals surface area (Å²) in [6, 6.07) is 17.0. The summed E-state index contributed by atoms with van der Waals surface area (Å²) in [5.41, 5.74) is 1.89. The van der Waals surface area contributed by atoms with Crippen molar-refractivity contribution in [3.8, 4) is 0 Å². The summed E-state index contributed by atoms with van der Waals surface area (Å²) in [4.78, 5) is 27.5. The lowest BCUT2D eigenvalue weighted by atomic mass is 10.1. The Hall–Kier alpha value is -3.43. The second-order valence-corrected chi connectivity index (χ2v) is 10.8. The van der Waals surface area contributed by atoms with Gasteiger partial charge in [-0.25, -0.2) is 12.8 Å². The summed E-state index contributed by atoms with van der Waals surface area (Å²) in [6.45, 7) is 5.08. The Kier molecular flexibility index (Phi) is 9.29. The first-order valence-electron chi connectivity index (χ1n) is 11.7. The number of rotatable bonds is 10. The molecule has 2 amide bonds. The number of carbonyl (C=O) groups is 2. The SMILES string of the molecule is CCNC(=O)[C@H](C)N(Cc1ccc(Cl)cc1)C(=O)CN(c1ccc(C)cc1)S(=O)(=O)c1ccc(F)cc1. The normalized spacial score (nSPS) is 12.0. The highest BCUT2D eigenvalue weighted by atomic mass is 35.5.